The van der Waals surface area contributed by atoms with Crippen LogP contribution < -0.4 is 10.6 Å². The molecule has 0 atom stereocenters. The number of rotatable bonds is 6. The van der Waals surface area contributed by atoms with Crippen molar-refractivity contribution in [3.63, 3.8) is 0 Å². The number of aliphatic hydroxyl groups excluding tert-OH is 1. The van der Waals surface area contributed by atoms with Crippen molar-refractivity contribution in [2.75, 3.05) is 19.7 Å². The Labute approximate surface area is 129 Å². The lowest BCUT2D eigenvalue weighted by atomic mass is 10.1. The van der Waals surface area contributed by atoms with Crippen molar-refractivity contribution in [3.8, 4) is 0 Å². The van der Waals surface area contributed by atoms with Gasteiger partial charge in [-0.15, -0.1) is 10.2 Å². The highest BCUT2D eigenvalue weighted by atomic mass is 16.3. The van der Waals surface area contributed by atoms with Crippen LogP contribution in [-0.2, 0) is 6.54 Å². The van der Waals surface area contributed by atoms with Crippen LogP contribution in [0.2, 0.25) is 0 Å². The molecule has 7 nitrogen and oxygen atoms in total. The van der Waals surface area contributed by atoms with E-state index in [2.05, 4.69) is 25.8 Å². The standard InChI is InChI=1S/C15H22N6O/c1-2-16-14(18-10-15(11-22)6-7-15)17-9-13-20-19-12-5-3-4-8-21(12)13/h3-5,8,22H,2,6-7,9-11H2,1H3,(H2,16,17,18). The van der Waals surface area contributed by atoms with E-state index in [1.807, 2.05) is 35.7 Å². The molecule has 7 heteroatoms. The molecule has 0 aliphatic heterocycles. The van der Waals surface area contributed by atoms with Crippen molar-refractivity contribution in [2.45, 2.75) is 26.3 Å². The lowest BCUT2D eigenvalue weighted by molar-refractivity contribution is 0.212. The minimum atomic E-state index is 0.0533. The van der Waals surface area contributed by atoms with Gasteiger partial charge in [0.05, 0.1) is 6.61 Å². The van der Waals surface area contributed by atoms with Crippen molar-refractivity contribution < 1.29 is 5.11 Å². The van der Waals surface area contributed by atoms with E-state index in [0.717, 1.165) is 43.4 Å². The summed E-state index contributed by atoms with van der Waals surface area (Å²) in [6, 6.07) is 5.81. The van der Waals surface area contributed by atoms with Crippen LogP contribution >= 0.6 is 0 Å². The SMILES string of the molecule is CCNC(=NCc1nnc2ccccn12)NCC1(CO)CC1. The second kappa shape index (κ2) is 6.31. The molecule has 3 N–H and O–H groups in total. The Morgan fingerprint density at radius 1 is 1.36 bits per heavy atom. The number of nitrogens with one attached hydrogen (secondary N) is 2. The second-order valence-electron chi connectivity index (χ2n) is 5.75. The van der Waals surface area contributed by atoms with Crippen LogP contribution in [0.25, 0.3) is 5.65 Å². The first kappa shape index (κ1) is 14.8. The summed E-state index contributed by atoms with van der Waals surface area (Å²) in [7, 11) is 0. The molecule has 1 aliphatic carbocycles. The lowest BCUT2D eigenvalue weighted by Gasteiger charge is -2.16. The molecule has 0 amide bonds. The Balaban J connectivity index is 1.67. The van der Waals surface area contributed by atoms with Gasteiger partial charge in [-0.25, -0.2) is 4.99 Å². The molecule has 0 spiro atoms. The summed E-state index contributed by atoms with van der Waals surface area (Å²) < 4.78 is 1.93. The maximum Gasteiger partial charge on any atom is 0.191 e. The average molecular weight is 302 g/mol. The quantitative estimate of drug-likeness (QED) is 0.536. The Morgan fingerprint density at radius 3 is 2.95 bits per heavy atom. The Bertz CT molecular complexity index is 661. The third-order valence-corrected chi connectivity index (χ3v) is 4.03. The number of pyridine rings is 1. The van der Waals surface area contributed by atoms with Gasteiger partial charge in [0.15, 0.2) is 17.4 Å². The monoisotopic (exact) mass is 302 g/mol. The van der Waals surface area contributed by atoms with Crippen LogP contribution in [0.5, 0.6) is 0 Å². The third-order valence-electron chi connectivity index (χ3n) is 4.03. The summed E-state index contributed by atoms with van der Waals surface area (Å²) in [4.78, 5) is 4.56. The van der Waals surface area contributed by atoms with Gasteiger partial charge in [-0.1, -0.05) is 6.07 Å². The maximum absolute atomic E-state index is 9.38. The summed E-state index contributed by atoms with van der Waals surface area (Å²) in [6.45, 7) is 4.25. The van der Waals surface area contributed by atoms with Gasteiger partial charge in [0, 0.05) is 24.7 Å². The van der Waals surface area contributed by atoms with Crippen LogP contribution in [0.4, 0.5) is 0 Å². The topological polar surface area (TPSA) is 86.8 Å². The lowest BCUT2D eigenvalue weighted by Crippen LogP contribution is -2.41. The minimum Gasteiger partial charge on any atom is -0.396 e. The van der Waals surface area contributed by atoms with E-state index in [1.54, 1.807) is 0 Å². The van der Waals surface area contributed by atoms with Crippen LogP contribution in [0.15, 0.2) is 29.4 Å². The predicted molar refractivity (Wildman–Crippen MR) is 84.6 cm³/mol. The molecule has 3 rings (SSSR count). The second-order valence-corrected chi connectivity index (χ2v) is 5.75. The molecular formula is C15H22N6O. The molecule has 1 fully saturated rings. The first-order valence-electron chi connectivity index (χ1n) is 7.68. The number of aliphatic hydroxyl groups is 1. The fraction of sp³-hybridized carbons (Fsp3) is 0.533. The summed E-state index contributed by atoms with van der Waals surface area (Å²) in [5.41, 5.74) is 0.875. The molecule has 0 unspecified atom stereocenters. The molecule has 22 heavy (non-hydrogen) atoms. The first-order valence-corrected chi connectivity index (χ1v) is 7.68. The van der Waals surface area contributed by atoms with E-state index in [-0.39, 0.29) is 12.0 Å². The van der Waals surface area contributed by atoms with Crippen molar-refractivity contribution in [1.29, 1.82) is 0 Å². The highest BCUT2D eigenvalue weighted by Gasteiger charge is 2.41. The van der Waals surface area contributed by atoms with Crippen LogP contribution in [0.1, 0.15) is 25.6 Å². The molecule has 1 aliphatic rings. The highest BCUT2D eigenvalue weighted by Crippen LogP contribution is 2.44. The van der Waals surface area contributed by atoms with E-state index in [4.69, 9.17) is 0 Å². The molecule has 0 radical (unpaired) electrons. The number of hydrogen-bond acceptors (Lipinski definition) is 4. The van der Waals surface area contributed by atoms with Crippen LogP contribution in [-0.4, -0.2) is 45.4 Å². The van der Waals surface area contributed by atoms with Crippen molar-refractivity contribution in [1.82, 2.24) is 25.2 Å². The van der Waals surface area contributed by atoms with E-state index in [9.17, 15) is 5.11 Å². The van der Waals surface area contributed by atoms with Crippen molar-refractivity contribution >= 4 is 11.6 Å². The zero-order chi connectivity index (χ0) is 15.4. The summed E-state index contributed by atoms with van der Waals surface area (Å²) in [5, 5.41) is 24.2. The van der Waals surface area contributed by atoms with E-state index in [1.165, 1.54) is 0 Å². The van der Waals surface area contributed by atoms with E-state index < -0.39 is 0 Å². The van der Waals surface area contributed by atoms with Gasteiger partial charge in [0.25, 0.3) is 0 Å². The zero-order valence-corrected chi connectivity index (χ0v) is 12.8. The molecule has 0 bridgehead atoms. The smallest absolute Gasteiger partial charge is 0.191 e. The first-order chi connectivity index (χ1) is 10.8. The number of guanidine groups is 1. The molecule has 2 heterocycles. The average Bonchev–Trinajstić information content (AvgIpc) is 3.23. The Kier molecular flexibility index (Phi) is 4.24. The molecule has 1 saturated carbocycles. The fourth-order valence-corrected chi connectivity index (χ4v) is 2.33. The van der Waals surface area contributed by atoms with Crippen molar-refractivity contribution in [2.24, 2.45) is 10.4 Å². The van der Waals surface area contributed by atoms with Crippen LogP contribution in [0, 0.1) is 5.41 Å². The van der Waals surface area contributed by atoms with Gasteiger partial charge in [-0.3, -0.25) is 4.40 Å². The summed E-state index contributed by atoms with van der Waals surface area (Å²) >= 11 is 0. The number of hydrogen-bond donors (Lipinski definition) is 3. The summed E-state index contributed by atoms with van der Waals surface area (Å²) in [6.07, 6.45) is 4.08. The minimum absolute atomic E-state index is 0.0533. The van der Waals surface area contributed by atoms with Gasteiger partial charge in [0.1, 0.15) is 6.54 Å². The molecule has 2 aromatic heterocycles. The number of nitrogens with zero attached hydrogens (tertiary/aromatic N) is 4. The number of aromatic nitrogens is 3. The Hall–Kier alpha value is -2.15. The molecule has 0 saturated heterocycles. The molecule has 0 aromatic carbocycles. The van der Waals surface area contributed by atoms with Crippen LogP contribution in [0.3, 0.4) is 0 Å². The highest BCUT2D eigenvalue weighted by molar-refractivity contribution is 5.79. The predicted octanol–water partition coefficient (Wildman–Crippen LogP) is 0.557. The van der Waals surface area contributed by atoms with Gasteiger partial charge < -0.3 is 15.7 Å². The van der Waals surface area contributed by atoms with Gasteiger partial charge >= 0.3 is 0 Å². The molecule has 118 valence electrons. The fourth-order valence-electron chi connectivity index (χ4n) is 2.33. The van der Waals surface area contributed by atoms with Gasteiger partial charge in [-0.2, -0.15) is 0 Å². The zero-order valence-electron chi connectivity index (χ0n) is 12.8. The van der Waals surface area contributed by atoms with Gasteiger partial charge in [0.2, 0.25) is 0 Å². The number of fused-ring (bicyclic) bond motifs is 1. The summed E-state index contributed by atoms with van der Waals surface area (Å²) in [5.74, 6) is 1.55. The Morgan fingerprint density at radius 2 is 2.23 bits per heavy atom. The largest absolute Gasteiger partial charge is 0.396 e. The third kappa shape index (κ3) is 3.19. The van der Waals surface area contributed by atoms with E-state index >= 15 is 0 Å². The normalized spacial score (nSPS) is 16.7. The maximum atomic E-state index is 9.38. The number of aliphatic imine (C=N–C) groups is 1. The van der Waals surface area contributed by atoms with Gasteiger partial charge in [-0.05, 0) is 31.9 Å². The van der Waals surface area contributed by atoms with E-state index in [0.29, 0.717) is 6.54 Å². The van der Waals surface area contributed by atoms with Crippen molar-refractivity contribution in [3.05, 3.63) is 30.2 Å². The molecule has 2 aromatic rings. The molecular weight excluding hydrogens is 280 g/mol.